The van der Waals surface area contributed by atoms with Crippen LogP contribution in [0.2, 0.25) is 0 Å². The molecule has 0 saturated carbocycles. The van der Waals surface area contributed by atoms with Gasteiger partial charge in [-0.3, -0.25) is 0 Å². The third-order valence-corrected chi connectivity index (χ3v) is 14.1. The van der Waals surface area contributed by atoms with Crippen molar-refractivity contribution in [1.29, 1.82) is 0 Å². The van der Waals surface area contributed by atoms with E-state index < -0.39 is 0 Å². The van der Waals surface area contributed by atoms with Gasteiger partial charge in [-0.2, -0.15) is 0 Å². The molecule has 0 aromatic heterocycles. The van der Waals surface area contributed by atoms with Crippen LogP contribution < -0.4 is 10.6 Å². The Kier molecular flexibility index (Phi) is 9.28. The fraction of sp³-hybridized carbons (Fsp3) is 0.786. The molecule has 182 valence electrons. The predicted octanol–water partition coefficient (Wildman–Crippen LogP) is 7.40. The summed E-state index contributed by atoms with van der Waals surface area (Å²) in [5.41, 5.74) is 3.20. The topological polar surface area (TPSA) is 24.1 Å². The van der Waals surface area contributed by atoms with Gasteiger partial charge in [0.15, 0.2) is 0 Å². The average Bonchev–Trinajstić information content (AvgIpc) is 2.83. The van der Waals surface area contributed by atoms with Crippen LogP contribution in [-0.4, -0.2) is 35.5 Å². The van der Waals surface area contributed by atoms with Gasteiger partial charge in [0.1, 0.15) is 0 Å². The van der Waals surface area contributed by atoms with E-state index in [1.54, 1.807) is 11.1 Å². The molecule has 4 heteroatoms. The van der Waals surface area contributed by atoms with Gasteiger partial charge in [0.25, 0.3) is 0 Å². The minimum Gasteiger partial charge on any atom is -0.313 e. The summed E-state index contributed by atoms with van der Waals surface area (Å²) in [4.78, 5) is 0. The molecule has 2 N–H and O–H groups in total. The van der Waals surface area contributed by atoms with E-state index in [0.29, 0.717) is 22.4 Å². The highest BCUT2D eigenvalue weighted by molar-refractivity contribution is 7.60. The lowest BCUT2D eigenvalue weighted by molar-refractivity contribution is 0.238. The highest BCUT2D eigenvalue weighted by Gasteiger charge is 2.46. The van der Waals surface area contributed by atoms with Gasteiger partial charge in [0, 0.05) is 17.2 Å². The van der Waals surface area contributed by atoms with Gasteiger partial charge in [-0.05, 0) is 79.2 Å². The van der Waals surface area contributed by atoms with E-state index in [4.69, 9.17) is 0 Å². The molecular weight excluding hydrogens is 426 g/mol. The van der Waals surface area contributed by atoms with Crippen molar-refractivity contribution in [2.45, 2.75) is 127 Å². The van der Waals surface area contributed by atoms with Crippen LogP contribution in [0, 0.1) is 0 Å². The van der Waals surface area contributed by atoms with Crippen molar-refractivity contribution in [2.24, 2.45) is 0 Å². The van der Waals surface area contributed by atoms with Crippen molar-refractivity contribution in [3.8, 4) is 0 Å². The van der Waals surface area contributed by atoms with Gasteiger partial charge in [0.05, 0.1) is 0 Å². The first-order chi connectivity index (χ1) is 15.2. The fourth-order valence-corrected chi connectivity index (χ4v) is 10.7. The molecule has 3 atom stereocenters. The summed E-state index contributed by atoms with van der Waals surface area (Å²) < 4.78 is 0. The first-order valence-corrected chi connectivity index (χ1v) is 15.4. The van der Waals surface area contributed by atoms with Gasteiger partial charge >= 0.3 is 0 Å². The van der Waals surface area contributed by atoms with Crippen molar-refractivity contribution in [1.82, 2.24) is 10.6 Å². The first kappa shape index (κ1) is 26.6. The maximum absolute atomic E-state index is 3.96. The highest BCUT2D eigenvalue weighted by atomic mass is 31.1. The third-order valence-electron chi connectivity index (χ3n) is 8.78. The summed E-state index contributed by atoms with van der Waals surface area (Å²) in [6.07, 6.45) is 11.6. The lowest BCUT2D eigenvalue weighted by atomic mass is 9.76. The molecular formula is C28H50N2P2. The van der Waals surface area contributed by atoms with Crippen LogP contribution in [0.5, 0.6) is 0 Å². The molecule has 32 heavy (non-hydrogen) atoms. The quantitative estimate of drug-likeness (QED) is 0.363. The number of nitrogens with one attached hydrogen (secondary N) is 2. The van der Waals surface area contributed by atoms with Gasteiger partial charge in [0.2, 0.25) is 0 Å². The molecule has 0 radical (unpaired) electrons. The summed E-state index contributed by atoms with van der Waals surface area (Å²) in [6, 6.07) is 10.6. The summed E-state index contributed by atoms with van der Waals surface area (Å²) >= 11 is 0. The number of hydrogen-bond donors (Lipinski definition) is 2. The summed E-state index contributed by atoms with van der Waals surface area (Å²) in [7, 11) is 3.26. The van der Waals surface area contributed by atoms with E-state index >= 15 is 0 Å². The smallest absolute Gasteiger partial charge is 0.0405 e. The molecule has 0 amide bonds. The molecule has 1 aromatic carbocycles. The SMILES string of the molecule is CCC(C)(C)P(Cc1ccccc1C(P)(C1CCCCN1)C1CCCCN1)C(C)(C)CC. The zero-order chi connectivity index (χ0) is 23.4. The van der Waals surface area contributed by atoms with E-state index in [-0.39, 0.29) is 13.1 Å². The Hall–Kier alpha value is -0.0000000000000000416. The Balaban J connectivity index is 2.06. The maximum atomic E-state index is 3.96. The van der Waals surface area contributed by atoms with Crippen molar-refractivity contribution >= 4 is 17.2 Å². The molecule has 1 aromatic rings. The lowest BCUT2D eigenvalue weighted by Gasteiger charge is -2.50. The van der Waals surface area contributed by atoms with Crippen LogP contribution in [0.15, 0.2) is 24.3 Å². The average molecular weight is 477 g/mol. The largest absolute Gasteiger partial charge is 0.313 e. The van der Waals surface area contributed by atoms with Crippen LogP contribution in [0.3, 0.4) is 0 Å². The number of benzene rings is 1. The van der Waals surface area contributed by atoms with Crippen LogP contribution >= 0.6 is 17.2 Å². The van der Waals surface area contributed by atoms with Gasteiger partial charge in [-0.25, -0.2) is 0 Å². The van der Waals surface area contributed by atoms with E-state index in [0.717, 1.165) is 13.1 Å². The van der Waals surface area contributed by atoms with Crippen LogP contribution in [-0.2, 0) is 11.3 Å². The second-order valence-electron chi connectivity index (χ2n) is 11.5. The predicted molar refractivity (Wildman–Crippen MR) is 148 cm³/mol. The molecule has 3 unspecified atom stereocenters. The van der Waals surface area contributed by atoms with E-state index in [1.165, 1.54) is 57.5 Å². The normalized spacial score (nSPS) is 25.0. The Labute approximate surface area is 202 Å². The Morgan fingerprint density at radius 3 is 1.78 bits per heavy atom. The monoisotopic (exact) mass is 476 g/mol. The summed E-state index contributed by atoms with van der Waals surface area (Å²) in [6.45, 7) is 17.2. The Morgan fingerprint density at radius 2 is 1.34 bits per heavy atom. The van der Waals surface area contributed by atoms with Crippen LogP contribution in [0.1, 0.15) is 104 Å². The fourth-order valence-electron chi connectivity index (χ4n) is 6.02. The van der Waals surface area contributed by atoms with Gasteiger partial charge in [-0.15, -0.1) is 9.24 Å². The van der Waals surface area contributed by atoms with E-state index in [2.05, 4.69) is 85.7 Å². The van der Waals surface area contributed by atoms with Crippen LogP contribution in [0.25, 0.3) is 0 Å². The van der Waals surface area contributed by atoms with Crippen LogP contribution in [0.4, 0.5) is 0 Å². The first-order valence-electron chi connectivity index (χ1n) is 13.3. The number of rotatable bonds is 9. The summed E-state index contributed by atoms with van der Waals surface area (Å²) in [5, 5.41) is 8.76. The maximum Gasteiger partial charge on any atom is 0.0405 e. The molecule has 2 heterocycles. The van der Waals surface area contributed by atoms with E-state index in [9.17, 15) is 0 Å². The molecule has 0 bridgehead atoms. The zero-order valence-corrected chi connectivity index (χ0v) is 23.8. The lowest BCUT2D eigenvalue weighted by Crippen LogP contribution is -2.58. The standard InChI is InChI=1S/C28H50N2P2/c1-7-26(3,4)32(27(5,6)8-2)21-22-15-9-10-16-23(22)28(31,24-17-11-13-19-29-24)25-18-12-14-20-30-25/h9-10,15-16,24-25,29-30H,7-8,11-14,17-21,31H2,1-6H3. The molecule has 0 aliphatic carbocycles. The Morgan fingerprint density at radius 1 is 0.844 bits per heavy atom. The highest BCUT2D eigenvalue weighted by Crippen LogP contribution is 2.64. The second kappa shape index (κ2) is 11.2. The molecule has 3 rings (SSSR count). The molecule has 0 spiro atoms. The number of piperidine rings is 2. The van der Waals surface area contributed by atoms with Gasteiger partial charge in [-0.1, -0.05) is 86.6 Å². The summed E-state index contributed by atoms with van der Waals surface area (Å²) in [5.74, 6) is 0. The zero-order valence-electron chi connectivity index (χ0n) is 21.8. The molecule has 2 aliphatic rings. The van der Waals surface area contributed by atoms with Crippen molar-refractivity contribution in [3.63, 3.8) is 0 Å². The molecule has 2 fully saturated rings. The third kappa shape index (κ3) is 5.62. The van der Waals surface area contributed by atoms with E-state index in [1.807, 2.05) is 0 Å². The molecule has 2 saturated heterocycles. The molecule has 2 aliphatic heterocycles. The Bertz CT molecular complexity index is 684. The van der Waals surface area contributed by atoms with Gasteiger partial charge < -0.3 is 10.6 Å². The number of hydrogen-bond acceptors (Lipinski definition) is 2. The van der Waals surface area contributed by atoms with Crippen molar-refractivity contribution in [2.75, 3.05) is 13.1 Å². The van der Waals surface area contributed by atoms with Crippen molar-refractivity contribution < 1.29 is 0 Å². The minimum absolute atomic E-state index is 0.0607. The molecule has 2 nitrogen and oxygen atoms in total. The van der Waals surface area contributed by atoms with Crippen molar-refractivity contribution in [3.05, 3.63) is 35.4 Å². The minimum atomic E-state index is -0.172. The second-order valence-corrected chi connectivity index (χ2v) is 16.1.